The van der Waals surface area contributed by atoms with E-state index in [4.69, 9.17) is 0 Å². The molecule has 0 saturated carbocycles. The first-order chi connectivity index (χ1) is 8.15. The van der Waals surface area contributed by atoms with Crippen LogP contribution >= 0.6 is 11.8 Å². The number of benzene rings is 1. The molecule has 0 aliphatic heterocycles. The first-order valence-electron chi connectivity index (χ1n) is 5.54. The number of hydrogen-bond acceptors (Lipinski definition) is 3. The predicted octanol–water partition coefficient (Wildman–Crippen LogP) is 3.59. The van der Waals surface area contributed by atoms with Gasteiger partial charge in [0.1, 0.15) is 0 Å². The molecule has 0 radical (unpaired) electrons. The maximum Gasteiger partial charge on any atom is 0.0931 e. The summed E-state index contributed by atoms with van der Waals surface area (Å²) in [5.41, 5.74) is 1.97. The smallest absolute Gasteiger partial charge is 0.0931 e. The second kappa shape index (κ2) is 5.34. The molecule has 0 fully saturated rings. The lowest BCUT2D eigenvalue weighted by Crippen LogP contribution is -1.94. The Balaban J connectivity index is 2.11. The minimum Gasteiger partial charge on any atom is -0.387 e. The van der Waals surface area contributed by atoms with E-state index in [-0.39, 0.29) is 0 Å². The predicted molar refractivity (Wildman–Crippen MR) is 70.2 cm³/mol. The average Bonchev–Trinajstić information content (AvgIpc) is 2.33. The van der Waals surface area contributed by atoms with Crippen LogP contribution in [-0.4, -0.2) is 10.1 Å². The summed E-state index contributed by atoms with van der Waals surface area (Å²) in [5.74, 6) is 0. The molecule has 1 aromatic carbocycles. The second-order valence-electron chi connectivity index (χ2n) is 4.01. The monoisotopic (exact) mass is 245 g/mol. The zero-order valence-electron chi connectivity index (χ0n) is 9.92. The van der Waals surface area contributed by atoms with Crippen molar-refractivity contribution in [2.75, 3.05) is 0 Å². The van der Waals surface area contributed by atoms with Crippen molar-refractivity contribution in [1.82, 2.24) is 4.98 Å². The van der Waals surface area contributed by atoms with E-state index in [0.29, 0.717) is 5.69 Å². The lowest BCUT2D eigenvalue weighted by Gasteiger charge is -2.05. The van der Waals surface area contributed by atoms with E-state index in [0.717, 1.165) is 4.90 Å². The maximum atomic E-state index is 9.37. The fourth-order valence-electron chi connectivity index (χ4n) is 1.44. The average molecular weight is 245 g/mol. The van der Waals surface area contributed by atoms with Crippen LogP contribution in [0.25, 0.3) is 0 Å². The zero-order chi connectivity index (χ0) is 12.3. The van der Waals surface area contributed by atoms with E-state index in [2.05, 4.69) is 36.2 Å². The van der Waals surface area contributed by atoms with Crippen molar-refractivity contribution in [2.45, 2.75) is 29.7 Å². The van der Waals surface area contributed by atoms with Crippen LogP contribution in [0.2, 0.25) is 0 Å². The Bertz CT molecular complexity index is 477. The van der Waals surface area contributed by atoms with Crippen molar-refractivity contribution in [2.24, 2.45) is 0 Å². The highest BCUT2D eigenvalue weighted by molar-refractivity contribution is 7.99. The third-order valence-corrected chi connectivity index (χ3v) is 3.43. The summed E-state index contributed by atoms with van der Waals surface area (Å²) < 4.78 is 0. The molecule has 0 saturated heterocycles. The summed E-state index contributed by atoms with van der Waals surface area (Å²) in [6.45, 7) is 3.79. The topological polar surface area (TPSA) is 33.1 Å². The van der Waals surface area contributed by atoms with Crippen LogP contribution in [0, 0.1) is 6.92 Å². The van der Waals surface area contributed by atoms with Crippen LogP contribution in [0.15, 0.2) is 52.4 Å². The van der Waals surface area contributed by atoms with Gasteiger partial charge in [-0.2, -0.15) is 0 Å². The molecule has 17 heavy (non-hydrogen) atoms. The van der Waals surface area contributed by atoms with Gasteiger partial charge < -0.3 is 5.11 Å². The Kier molecular flexibility index (Phi) is 3.82. The van der Waals surface area contributed by atoms with Crippen molar-refractivity contribution < 1.29 is 5.11 Å². The van der Waals surface area contributed by atoms with E-state index in [9.17, 15) is 5.11 Å². The first-order valence-corrected chi connectivity index (χ1v) is 6.35. The molecule has 88 valence electrons. The number of rotatable bonds is 3. The van der Waals surface area contributed by atoms with Gasteiger partial charge in [-0.1, -0.05) is 29.5 Å². The fraction of sp³-hybridized carbons (Fsp3) is 0.214. The first kappa shape index (κ1) is 12.1. The van der Waals surface area contributed by atoms with Gasteiger partial charge in [-0.25, -0.2) is 0 Å². The number of hydrogen-bond donors (Lipinski definition) is 1. The normalized spacial score (nSPS) is 12.4. The van der Waals surface area contributed by atoms with E-state index < -0.39 is 6.10 Å². The van der Waals surface area contributed by atoms with Gasteiger partial charge in [-0.15, -0.1) is 0 Å². The minimum absolute atomic E-state index is 0.506. The number of nitrogens with zero attached hydrogens (tertiary/aromatic N) is 1. The number of aliphatic hydroxyl groups excluding tert-OH is 1. The lowest BCUT2D eigenvalue weighted by molar-refractivity contribution is 0.194. The highest BCUT2D eigenvalue weighted by Crippen LogP contribution is 2.27. The van der Waals surface area contributed by atoms with E-state index in [1.54, 1.807) is 24.9 Å². The minimum atomic E-state index is -0.506. The number of aromatic nitrogens is 1. The van der Waals surface area contributed by atoms with Crippen LogP contribution in [0.5, 0.6) is 0 Å². The van der Waals surface area contributed by atoms with Gasteiger partial charge in [0.2, 0.25) is 0 Å². The maximum absolute atomic E-state index is 9.37. The molecule has 1 aromatic heterocycles. The van der Waals surface area contributed by atoms with Crippen molar-refractivity contribution in [3.63, 3.8) is 0 Å². The number of pyridine rings is 1. The molecule has 2 rings (SSSR count). The highest BCUT2D eigenvalue weighted by atomic mass is 32.2. The van der Waals surface area contributed by atoms with E-state index in [1.165, 1.54) is 10.5 Å². The molecule has 0 unspecified atom stereocenters. The van der Waals surface area contributed by atoms with E-state index >= 15 is 0 Å². The molecule has 0 aliphatic rings. The van der Waals surface area contributed by atoms with Gasteiger partial charge in [0.05, 0.1) is 11.8 Å². The van der Waals surface area contributed by atoms with Crippen molar-refractivity contribution in [3.8, 4) is 0 Å². The molecule has 0 aliphatic carbocycles. The molecule has 0 bridgehead atoms. The van der Waals surface area contributed by atoms with Crippen molar-refractivity contribution >= 4 is 11.8 Å². The molecular weight excluding hydrogens is 230 g/mol. The fourth-order valence-corrected chi connectivity index (χ4v) is 2.23. The van der Waals surface area contributed by atoms with Gasteiger partial charge in [0, 0.05) is 16.0 Å². The van der Waals surface area contributed by atoms with Gasteiger partial charge in [-0.05, 0) is 38.1 Å². The lowest BCUT2D eigenvalue weighted by atomic mass is 10.2. The zero-order valence-corrected chi connectivity index (χ0v) is 10.7. The second-order valence-corrected chi connectivity index (χ2v) is 5.16. The van der Waals surface area contributed by atoms with Gasteiger partial charge in [0.25, 0.3) is 0 Å². The van der Waals surface area contributed by atoms with Crippen molar-refractivity contribution in [3.05, 3.63) is 53.9 Å². The third kappa shape index (κ3) is 3.32. The number of aryl methyl sites for hydroxylation is 1. The Morgan fingerprint density at radius 2 is 1.71 bits per heavy atom. The summed E-state index contributed by atoms with van der Waals surface area (Å²) in [4.78, 5) is 6.50. The van der Waals surface area contributed by atoms with Crippen LogP contribution < -0.4 is 0 Å². The standard InChI is InChI=1S/C14H15NOS/c1-10-3-5-12(6-4-10)17-13-7-8-14(11(2)16)15-9-13/h3-9,11,16H,1-2H3/t11-/m1/s1. The van der Waals surface area contributed by atoms with Crippen LogP contribution in [0.1, 0.15) is 24.3 Å². The molecule has 3 heteroatoms. The molecule has 0 amide bonds. The summed E-state index contributed by atoms with van der Waals surface area (Å²) in [7, 11) is 0. The van der Waals surface area contributed by atoms with Crippen molar-refractivity contribution in [1.29, 1.82) is 0 Å². The van der Waals surface area contributed by atoms with Gasteiger partial charge in [0.15, 0.2) is 0 Å². The number of aliphatic hydroxyl groups is 1. The molecule has 1 heterocycles. The quantitative estimate of drug-likeness (QED) is 0.897. The molecule has 1 atom stereocenters. The molecule has 2 aromatic rings. The molecular formula is C14H15NOS. The van der Waals surface area contributed by atoms with Crippen LogP contribution in [0.4, 0.5) is 0 Å². The molecule has 1 N–H and O–H groups in total. The van der Waals surface area contributed by atoms with Crippen LogP contribution in [-0.2, 0) is 0 Å². The summed E-state index contributed by atoms with van der Waals surface area (Å²) in [5, 5.41) is 9.37. The highest BCUT2D eigenvalue weighted by Gasteiger charge is 2.02. The summed E-state index contributed by atoms with van der Waals surface area (Å²) in [6.07, 6.45) is 1.29. The Morgan fingerprint density at radius 1 is 1.06 bits per heavy atom. The van der Waals surface area contributed by atoms with Gasteiger partial charge >= 0.3 is 0 Å². The third-order valence-electron chi connectivity index (χ3n) is 2.44. The molecule has 2 nitrogen and oxygen atoms in total. The SMILES string of the molecule is Cc1ccc(Sc2ccc([C@@H](C)O)nc2)cc1. The summed E-state index contributed by atoms with van der Waals surface area (Å²) >= 11 is 1.67. The van der Waals surface area contributed by atoms with E-state index in [1.807, 2.05) is 12.1 Å². The Morgan fingerprint density at radius 3 is 2.24 bits per heavy atom. The van der Waals surface area contributed by atoms with Crippen LogP contribution in [0.3, 0.4) is 0 Å². The molecule has 0 spiro atoms. The Labute approximate surface area is 106 Å². The van der Waals surface area contributed by atoms with Gasteiger partial charge in [-0.3, -0.25) is 4.98 Å². The summed E-state index contributed by atoms with van der Waals surface area (Å²) in [6, 6.07) is 12.2. The Hall–Kier alpha value is -1.32. The largest absolute Gasteiger partial charge is 0.387 e.